The number of H-pyrrole nitrogens is 1. The number of rotatable bonds is 11. The molecule has 3 aromatic heterocycles. The van der Waals surface area contributed by atoms with Crippen molar-refractivity contribution in [3.8, 4) is 17.2 Å². The first-order valence-corrected chi connectivity index (χ1v) is 22.5. The normalized spacial score (nSPS) is 17.7. The molecule has 15 nitrogen and oxygen atoms in total. The topological polar surface area (TPSA) is 185 Å². The number of ether oxygens (including phenoxy) is 2. The number of halogens is 1. The molecule has 0 bridgehead atoms. The molecule has 3 N–H and O–H groups in total. The Hall–Kier alpha value is -6.49. The van der Waals surface area contributed by atoms with Gasteiger partial charge in [-0.2, -0.15) is 0 Å². The van der Waals surface area contributed by atoms with Gasteiger partial charge in [-0.1, -0.05) is 49.2 Å². The molecule has 2 aliphatic heterocycles. The minimum atomic E-state index is -4.67. The smallest absolute Gasteiger partial charge is 0.297 e. The Morgan fingerprint density at radius 3 is 2.60 bits per heavy atom. The minimum absolute atomic E-state index is 0.00472. The first kappa shape index (κ1) is 41.8. The molecule has 17 heteroatoms. The van der Waals surface area contributed by atoms with Gasteiger partial charge in [0.1, 0.15) is 29.8 Å². The molecule has 6 aromatic rings. The Bertz CT molecular complexity index is 2860. The lowest BCUT2D eigenvalue weighted by molar-refractivity contribution is -0.384. The van der Waals surface area contributed by atoms with Gasteiger partial charge in [-0.15, -0.1) is 0 Å². The number of nitro groups is 1. The van der Waals surface area contributed by atoms with E-state index in [0.29, 0.717) is 30.2 Å². The zero-order valence-corrected chi connectivity index (χ0v) is 36.2. The van der Waals surface area contributed by atoms with Crippen LogP contribution in [-0.4, -0.2) is 78.4 Å². The van der Waals surface area contributed by atoms with Crippen LogP contribution in [0.5, 0.6) is 17.2 Å². The molecular formula is C46H45ClN8O7S. The van der Waals surface area contributed by atoms with E-state index in [0.717, 1.165) is 67.1 Å². The van der Waals surface area contributed by atoms with E-state index in [9.17, 15) is 23.3 Å². The molecule has 0 saturated carbocycles. The number of amides is 1. The van der Waals surface area contributed by atoms with Crippen molar-refractivity contribution in [3.05, 3.63) is 141 Å². The van der Waals surface area contributed by atoms with Gasteiger partial charge in [-0.3, -0.25) is 24.8 Å². The average Bonchev–Trinajstić information content (AvgIpc) is 3.75. The SMILES string of the molecule is CC1(C)CCC(CN2CCN(c3ccc(C(=O)NS(=O)(=O)c4cc5c(c([N+](=O)[O-])c4)N[C@H](c4ccccn4)CO5)c(Oc4cnc5[nH]ccc5c4)c3)CC2)=C(c2ccc(Cl)cc2)C1. The van der Waals surface area contributed by atoms with Gasteiger partial charge in [0.05, 0.1) is 27.3 Å². The van der Waals surface area contributed by atoms with E-state index in [2.05, 4.69) is 60.8 Å². The number of pyridine rings is 2. The van der Waals surface area contributed by atoms with E-state index >= 15 is 0 Å². The maximum atomic E-state index is 14.0. The van der Waals surface area contributed by atoms with Gasteiger partial charge in [0.15, 0.2) is 11.4 Å². The molecule has 1 saturated heterocycles. The Morgan fingerprint density at radius 1 is 1.03 bits per heavy atom. The number of hydrogen-bond acceptors (Lipinski definition) is 12. The van der Waals surface area contributed by atoms with Gasteiger partial charge >= 0.3 is 0 Å². The van der Waals surface area contributed by atoms with Crippen molar-refractivity contribution in [1.29, 1.82) is 0 Å². The number of carbonyl (C=O) groups is 1. The lowest BCUT2D eigenvalue weighted by Gasteiger charge is -2.39. The van der Waals surface area contributed by atoms with Gasteiger partial charge in [0, 0.05) is 79.4 Å². The Morgan fingerprint density at radius 2 is 1.84 bits per heavy atom. The van der Waals surface area contributed by atoms with E-state index in [4.69, 9.17) is 21.1 Å². The largest absolute Gasteiger partial charge is 0.489 e. The van der Waals surface area contributed by atoms with Crippen molar-refractivity contribution in [2.75, 3.05) is 49.5 Å². The average molecular weight is 889 g/mol. The molecule has 0 radical (unpaired) electrons. The summed E-state index contributed by atoms with van der Waals surface area (Å²) < 4.78 is 42.0. The molecule has 63 heavy (non-hydrogen) atoms. The molecule has 1 aliphatic carbocycles. The van der Waals surface area contributed by atoms with Crippen LogP contribution in [0, 0.1) is 15.5 Å². The third-order valence-corrected chi connectivity index (χ3v) is 13.5. The highest BCUT2D eigenvalue weighted by Gasteiger charge is 2.34. The molecule has 1 atom stereocenters. The zero-order chi connectivity index (χ0) is 43.9. The number of carbonyl (C=O) groups excluding carboxylic acids is 1. The van der Waals surface area contributed by atoms with E-state index < -0.39 is 37.5 Å². The Labute approximate surface area is 369 Å². The van der Waals surface area contributed by atoms with Crippen LogP contribution < -0.4 is 24.4 Å². The summed E-state index contributed by atoms with van der Waals surface area (Å²) >= 11 is 6.24. The van der Waals surface area contributed by atoms with Crippen LogP contribution in [0.3, 0.4) is 0 Å². The predicted molar refractivity (Wildman–Crippen MR) is 241 cm³/mol. The van der Waals surface area contributed by atoms with Crippen LogP contribution in [0.2, 0.25) is 5.02 Å². The summed E-state index contributed by atoms with van der Waals surface area (Å²) in [6, 6.07) is 23.6. The number of allylic oxidation sites excluding steroid dienone is 1. The number of piperazine rings is 1. The van der Waals surface area contributed by atoms with E-state index in [1.165, 1.54) is 29.0 Å². The van der Waals surface area contributed by atoms with Crippen LogP contribution in [0.4, 0.5) is 17.1 Å². The molecule has 0 unspecified atom stereocenters. The van der Waals surface area contributed by atoms with Gasteiger partial charge in [0.25, 0.3) is 21.6 Å². The number of anilines is 2. The van der Waals surface area contributed by atoms with Crippen LogP contribution in [0.25, 0.3) is 16.6 Å². The molecule has 1 amide bonds. The maximum absolute atomic E-state index is 14.0. The fourth-order valence-corrected chi connectivity index (χ4v) is 9.61. The monoisotopic (exact) mass is 888 g/mol. The highest BCUT2D eigenvalue weighted by molar-refractivity contribution is 7.90. The molecule has 324 valence electrons. The summed E-state index contributed by atoms with van der Waals surface area (Å²) in [7, 11) is -4.67. The number of aromatic amines is 1. The highest BCUT2D eigenvalue weighted by Crippen LogP contribution is 2.44. The van der Waals surface area contributed by atoms with Crippen LogP contribution in [0.15, 0.2) is 114 Å². The first-order valence-electron chi connectivity index (χ1n) is 20.7. The van der Waals surface area contributed by atoms with Crippen molar-refractivity contribution in [2.45, 2.75) is 44.0 Å². The van der Waals surface area contributed by atoms with Crippen molar-refractivity contribution in [2.24, 2.45) is 5.41 Å². The second-order valence-electron chi connectivity index (χ2n) is 16.8. The van der Waals surface area contributed by atoms with Gasteiger partial charge < -0.3 is 24.7 Å². The van der Waals surface area contributed by atoms with Crippen LogP contribution >= 0.6 is 11.6 Å². The number of aromatic nitrogens is 3. The van der Waals surface area contributed by atoms with E-state index in [1.54, 1.807) is 48.8 Å². The van der Waals surface area contributed by atoms with Crippen LogP contribution in [0.1, 0.15) is 60.8 Å². The first-order chi connectivity index (χ1) is 30.3. The molecule has 3 aliphatic rings. The predicted octanol–water partition coefficient (Wildman–Crippen LogP) is 8.76. The lowest BCUT2D eigenvalue weighted by atomic mass is 9.72. The minimum Gasteiger partial charge on any atom is -0.489 e. The molecule has 0 spiro atoms. The molecule has 9 rings (SSSR count). The van der Waals surface area contributed by atoms with Crippen molar-refractivity contribution >= 4 is 61.2 Å². The lowest BCUT2D eigenvalue weighted by Crippen LogP contribution is -2.47. The number of nitrogens with one attached hydrogen (secondary N) is 3. The van der Waals surface area contributed by atoms with E-state index in [-0.39, 0.29) is 34.8 Å². The third kappa shape index (κ3) is 9.05. The van der Waals surface area contributed by atoms with Gasteiger partial charge in [-0.25, -0.2) is 18.1 Å². The maximum Gasteiger partial charge on any atom is 0.297 e. The summed E-state index contributed by atoms with van der Waals surface area (Å²) in [4.78, 5) is 41.5. The zero-order valence-electron chi connectivity index (χ0n) is 34.6. The van der Waals surface area contributed by atoms with Crippen molar-refractivity contribution < 1.29 is 27.6 Å². The number of hydrogen-bond donors (Lipinski definition) is 3. The van der Waals surface area contributed by atoms with Gasteiger partial charge in [-0.05, 0) is 84.3 Å². The number of benzene rings is 3. The van der Waals surface area contributed by atoms with Gasteiger partial charge in [0.2, 0.25) is 0 Å². The number of nitrogens with zero attached hydrogens (tertiary/aromatic N) is 5. The summed E-state index contributed by atoms with van der Waals surface area (Å²) in [6.07, 6.45) is 8.03. The molecule has 1 fully saturated rings. The summed E-state index contributed by atoms with van der Waals surface area (Å²) in [5.74, 6) is -0.606. The van der Waals surface area contributed by atoms with E-state index in [1.807, 2.05) is 18.2 Å². The summed E-state index contributed by atoms with van der Waals surface area (Å²) in [6.45, 7) is 8.60. The van der Waals surface area contributed by atoms with Crippen LogP contribution in [-0.2, 0) is 10.0 Å². The second kappa shape index (κ2) is 17.0. The number of fused-ring (bicyclic) bond motifs is 2. The van der Waals surface area contributed by atoms with Crippen molar-refractivity contribution in [1.82, 2.24) is 24.6 Å². The number of sulfonamides is 1. The molecule has 3 aromatic carbocycles. The Balaban J connectivity index is 0.955. The fraction of sp³-hybridized carbons (Fsp3) is 0.283. The molecular weight excluding hydrogens is 844 g/mol. The Kier molecular flexibility index (Phi) is 11.3. The molecule has 5 heterocycles. The highest BCUT2D eigenvalue weighted by atomic mass is 35.5. The standard InChI is InChI=1S/C46H45ClN8O7S/c1-46(2)14-12-31(37(25-46)29-6-8-32(47)9-7-29)27-53-17-19-54(20-18-53)33-10-11-36(41(22-33)62-34-21-30-13-16-49-44(30)50-26-34)45(56)52-63(59,60)35-23-40(55(57)58)43-42(24-35)61-28-39(51-43)38-5-3-4-15-48-38/h3-11,13,15-16,21-24,26,39,51H,12,14,17-20,25,27-28H2,1-2H3,(H,49,50)(H,52,56)/t39-/m0/s1. The second-order valence-corrected chi connectivity index (χ2v) is 19.0. The summed E-state index contributed by atoms with van der Waals surface area (Å²) in [5, 5.41) is 16.8. The fourth-order valence-electron chi connectivity index (χ4n) is 8.48. The van der Waals surface area contributed by atoms with Crippen molar-refractivity contribution in [3.63, 3.8) is 0 Å². The quantitative estimate of drug-likeness (QED) is 0.0831. The number of nitro benzene ring substituents is 1. The summed E-state index contributed by atoms with van der Waals surface area (Å²) in [5.41, 5.74) is 5.74. The third-order valence-electron chi connectivity index (χ3n) is 11.9.